The van der Waals surface area contributed by atoms with Gasteiger partial charge in [0.15, 0.2) is 0 Å². The van der Waals surface area contributed by atoms with E-state index in [0.717, 1.165) is 0 Å². The summed E-state index contributed by atoms with van der Waals surface area (Å²) >= 11 is 0. The highest BCUT2D eigenvalue weighted by Crippen LogP contribution is 2.18. The number of carbonyl (C=O) groups excluding carboxylic acids is 1. The van der Waals surface area contributed by atoms with Crippen LogP contribution in [0.2, 0.25) is 0 Å². The Morgan fingerprint density at radius 2 is 2.24 bits per heavy atom. The highest BCUT2D eigenvalue weighted by Gasteiger charge is 2.14. The molecular formula is C11H14F2N2O2. The van der Waals surface area contributed by atoms with Crippen LogP contribution in [0.3, 0.4) is 0 Å². The second-order valence-corrected chi connectivity index (χ2v) is 3.33. The van der Waals surface area contributed by atoms with Crippen molar-refractivity contribution in [2.75, 3.05) is 6.61 Å². The fourth-order valence-corrected chi connectivity index (χ4v) is 1.37. The largest absolute Gasteiger partial charge is 0.466 e. The minimum Gasteiger partial charge on any atom is -0.466 e. The van der Waals surface area contributed by atoms with Crippen LogP contribution in [0, 0.1) is 0 Å². The number of pyridine rings is 1. The predicted octanol–water partition coefficient (Wildman–Crippen LogP) is 1.58. The molecule has 6 heteroatoms. The van der Waals surface area contributed by atoms with Crippen molar-refractivity contribution in [1.82, 2.24) is 4.98 Å². The maximum Gasteiger partial charge on any atom is 0.310 e. The van der Waals surface area contributed by atoms with Gasteiger partial charge < -0.3 is 10.5 Å². The summed E-state index contributed by atoms with van der Waals surface area (Å²) in [4.78, 5) is 15.0. The summed E-state index contributed by atoms with van der Waals surface area (Å²) in [5.74, 6) is -0.422. The fraction of sp³-hybridized carbons (Fsp3) is 0.455. The zero-order chi connectivity index (χ0) is 12.8. The molecular weight excluding hydrogens is 230 g/mol. The molecule has 2 N–H and O–H groups in total. The molecule has 1 aromatic heterocycles. The van der Waals surface area contributed by atoms with E-state index in [1.54, 1.807) is 6.92 Å². The average molecular weight is 244 g/mol. The minimum absolute atomic E-state index is 0.00308. The van der Waals surface area contributed by atoms with Gasteiger partial charge >= 0.3 is 5.97 Å². The van der Waals surface area contributed by atoms with Crippen molar-refractivity contribution in [3.63, 3.8) is 0 Å². The van der Waals surface area contributed by atoms with Crippen molar-refractivity contribution >= 4 is 5.97 Å². The summed E-state index contributed by atoms with van der Waals surface area (Å²) in [6.07, 6.45) is -2.64. The molecule has 0 saturated heterocycles. The summed E-state index contributed by atoms with van der Waals surface area (Å²) in [5, 5.41) is 0. The van der Waals surface area contributed by atoms with Crippen molar-refractivity contribution < 1.29 is 18.3 Å². The van der Waals surface area contributed by atoms with E-state index >= 15 is 0 Å². The van der Waals surface area contributed by atoms with Crippen molar-refractivity contribution in [3.05, 3.63) is 29.1 Å². The van der Waals surface area contributed by atoms with Crippen LogP contribution in [0.15, 0.2) is 12.1 Å². The number of rotatable bonds is 5. The molecule has 0 radical (unpaired) electrons. The van der Waals surface area contributed by atoms with E-state index in [0.29, 0.717) is 11.3 Å². The molecule has 94 valence electrons. The summed E-state index contributed by atoms with van der Waals surface area (Å²) in [5.41, 5.74) is 5.90. The smallest absolute Gasteiger partial charge is 0.310 e. The number of aromatic nitrogens is 1. The Kier molecular flexibility index (Phi) is 4.96. The Hall–Kier alpha value is -1.56. The summed E-state index contributed by atoms with van der Waals surface area (Å²) in [6.45, 7) is 1.98. The third kappa shape index (κ3) is 3.74. The lowest BCUT2D eigenvalue weighted by Crippen LogP contribution is -2.13. The quantitative estimate of drug-likeness (QED) is 0.799. The van der Waals surface area contributed by atoms with E-state index in [-0.39, 0.29) is 25.3 Å². The van der Waals surface area contributed by atoms with Gasteiger partial charge in [0.1, 0.15) is 5.69 Å². The third-order valence-corrected chi connectivity index (χ3v) is 2.15. The van der Waals surface area contributed by atoms with Gasteiger partial charge in [-0.15, -0.1) is 0 Å². The van der Waals surface area contributed by atoms with Gasteiger partial charge in [-0.2, -0.15) is 0 Å². The van der Waals surface area contributed by atoms with Crippen LogP contribution < -0.4 is 5.73 Å². The van der Waals surface area contributed by atoms with E-state index in [1.807, 2.05) is 0 Å². The van der Waals surface area contributed by atoms with E-state index < -0.39 is 12.4 Å². The zero-order valence-electron chi connectivity index (χ0n) is 9.45. The number of hydrogen-bond donors (Lipinski definition) is 1. The monoisotopic (exact) mass is 244 g/mol. The van der Waals surface area contributed by atoms with Crippen LogP contribution in [0.1, 0.15) is 30.3 Å². The second-order valence-electron chi connectivity index (χ2n) is 3.33. The summed E-state index contributed by atoms with van der Waals surface area (Å²) < 4.78 is 29.6. The molecule has 0 aliphatic heterocycles. The molecule has 4 nitrogen and oxygen atoms in total. The lowest BCUT2D eigenvalue weighted by molar-refractivity contribution is -0.142. The van der Waals surface area contributed by atoms with Crippen LogP contribution >= 0.6 is 0 Å². The van der Waals surface area contributed by atoms with Crippen molar-refractivity contribution in [2.24, 2.45) is 5.73 Å². The third-order valence-electron chi connectivity index (χ3n) is 2.15. The van der Waals surface area contributed by atoms with Crippen LogP contribution in [0.4, 0.5) is 8.78 Å². The Balaban J connectivity index is 2.89. The van der Waals surface area contributed by atoms with Gasteiger partial charge in [0.05, 0.1) is 18.7 Å². The number of nitrogens with two attached hydrogens (primary N) is 1. The van der Waals surface area contributed by atoms with Gasteiger partial charge in [-0.05, 0) is 18.6 Å². The van der Waals surface area contributed by atoms with E-state index in [4.69, 9.17) is 10.5 Å². The summed E-state index contributed by atoms with van der Waals surface area (Å²) in [7, 11) is 0. The van der Waals surface area contributed by atoms with Gasteiger partial charge in [-0.3, -0.25) is 9.78 Å². The SMILES string of the molecule is CCOC(=O)Cc1ccc(C(F)F)nc1CN. The highest BCUT2D eigenvalue weighted by atomic mass is 19.3. The number of halogens is 2. The zero-order valence-corrected chi connectivity index (χ0v) is 9.45. The Morgan fingerprint density at radius 1 is 1.53 bits per heavy atom. The maximum atomic E-state index is 12.4. The Labute approximate surface area is 97.8 Å². The lowest BCUT2D eigenvalue weighted by atomic mass is 10.1. The number of esters is 1. The number of hydrogen-bond acceptors (Lipinski definition) is 4. The molecule has 0 spiro atoms. The van der Waals surface area contributed by atoms with Gasteiger partial charge in [-0.25, -0.2) is 8.78 Å². The molecule has 1 heterocycles. The summed E-state index contributed by atoms with van der Waals surface area (Å²) in [6, 6.07) is 2.63. The normalized spacial score (nSPS) is 10.6. The minimum atomic E-state index is -2.64. The average Bonchev–Trinajstić information content (AvgIpc) is 2.29. The number of nitrogens with zero attached hydrogens (tertiary/aromatic N) is 1. The van der Waals surface area contributed by atoms with Gasteiger partial charge in [0, 0.05) is 6.54 Å². The van der Waals surface area contributed by atoms with E-state index in [9.17, 15) is 13.6 Å². The molecule has 1 aromatic rings. The van der Waals surface area contributed by atoms with Crippen molar-refractivity contribution in [3.8, 4) is 0 Å². The topological polar surface area (TPSA) is 65.2 Å². The van der Waals surface area contributed by atoms with Crippen LogP contribution in [0.25, 0.3) is 0 Å². The number of alkyl halides is 2. The van der Waals surface area contributed by atoms with Crippen LogP contribution in [-0.2, 0) is 22.5 Å². The predicted molar refractivity (Wildman–Crippen MR) is 57.4 cm³/mol. The molecule has 0 atom stereocenters. The molecule has 0 aliphatic rings. The van der Waals surface area contributed by atoms with E-state index in [2.05, 4.69) is 4.98 Å². The number of ether oxygens (including phenoxy) is 1. The lowest BCUT2D eigenvalue weighted by Gasteiger charge is -2.08. The molecule has 0 bridgehead atoms. The first-order chi connectivity index (χ1) is 8.08. The van der Waals surface area contributed by atoms with Crippen LogP contribution in [-0.4, -0.2) is 17.6 Å². The Morgan fingerprint density at radius 3 is 2.76 bits per heavy atom. The highest BCUT2D eigenvalue weighted by molar-refractivity contribution is 5.72. The first kappa shape index (κ1) is 13.5. The molecule has 0 aromatic carbocycles. The molecule has 0 unspecified atom stereocenters. The van der Waals surface area contributed by atoms with E-state index in [1.165, 1.54) is 12.1 Å². The maximum absolute atomic E-state index is 12.4. The van der Waals surface area contributed by atoms with Crippen molar-refractivity contribution in [1.29, 1.82) is 0 Å². The first-order valence-corrected chi connectivity index (χ1v) is 5.21. The standard InChI is InChI=1S/C11H14F2N2O2/c1-2-17-10(16)5-7-3-4-8(11(12)13)15-9(7)6-14/h3-4,11H,2,5-6,14H2,1H3. The fourth-order valence-electron chi connectivity index (χ4n) is 1.37. The van der Waals surface area contributed by atoms with Crippen LogP contribution in [0.5, 0.6) is 0 Å². The molecule has 1 rings (SSSR count). The molecule has 0 saturated carbocycles. The molecule has 0 aliphatic carbocycles. The molecule has 0 amide bonds. The number of carbonyl (C=O) groups is 1. The van der Waals surface area contributed by atoms with Crippen molar-refractivity contribution in [2.45, 2.75) is 26.3 Å². The first-order valence-electron chi connectivity index (χ1n) is 5.21. The Bertz CT molecular complexity index is 397. The molecule has 0 fully saturated rings. The second kappa shape index (κ2) is 6.24. The van der Waals surface area contributed by atoms with Gasteiger partial charge in [0.2, 0.25) is 0 Å². The molecule has 17 heavy (non-hydrogen) atoms. The van der Waals surface area contributed by atoms with Gasteiger partial charge in [-0.1, -0.05) is 6.07 Å². The van der Waals surface area contributed by atoms with Gasteiger partial charge in [0.25, 0.3) is 6.43 Å².